The second-order valence-electron chi connectivity index (χ2n) is 6.34. The molecule has 0 spiro atoms. The van der Waals surface area contributed by atoms with Gasteiger partial charge in [-0.1, -0.05) is 53.7 Å². The monoisotopic (exact) mass is 387 g/mol. The summed E-state index contributed by atoms with van der Waals surface area (Å²) in [6.07, 6.45) is 0. The first-order valence-electron chi connectivity index (χ1n) is 9.22. The highest BCUT2D eigenvalue weighted by atomic mass is 16.5. The number of ether oxygens (including phenoxy) is 2. The van der Waals surface area contributed by atoms with Gasteiger partial charge in [-0.05, 0) is 23.8 Å². The van der Waals surface area contributed by atoms with Crippen LogP contribution in [-0.4, -0.2) is 24.4 Å². The fourth-order valence-electron chi connectivity index (χ4n) is 3.10. The first-order valence-corrected chi connectivity index (χ1v) is 9.22. The lowest BCUT2D eigenvalue weighted by atomic mass is 10.0. The van der Waals surface area contributed by atoms with E-state index >= 15 is 0 Å². The van der Waals surface area contributed by atoms with E-state index in [4.69, 9.17) is 14.0 Å². The molecule has 6 heteroatoms. The first kappa shape index (κ1) is 18.6. The maximum Gasteiger partial charge on any atom is 0.246 e. The lowest BCUT2D eigenvalue weighted by molar-refractivity contribution is 0.382. The standard InChI is InChI=1S/C23H21N3O3/c1-27-17-12-13-19(21(14-17)28-2)23-25-22(29-26-23)15-24-20-11-7-6-10-18(20)16-8-4-3-5-9-16/h3-14,24H,15H2,1-2H3. The van der Waals surface area contributed by atoms with Gasteiger partial charge in [-0.3, -0.25) is 0 Å². The zero-order valence-corrected chi connectivity index (χ0v) is 16.3. The zero-order chi connectivity index (χ0) is 20.1. The third-order valence-corrected chi connectivity index (χ3v) is 4.56. The van der Waals surface area contributed by atoms with E-state index in [1.807, 2.05) is 48.5 Å². The molecular formula is C23H21N3O3. The van der Waals surface area contributed by atoms with Crippen molar-refractivity contribution < 1.29 is 14.0 Å². The molecule has 0 unspecified atom stereocenters. The van der Waals surface area contributed by atoms with Crippen LogP contribution in [0.15, 0.2) is 77.3 Å². The van der Waals surface area contributed by atoms with E-state index < -0.39 is 0 Å². The van der Waals surface area contributed by atoms with E-state index in [1.54, 1.807) is 20.3 Å². The second kappa shape index (κ2) is 8.48. The van der Waals surface area contributed by atoms with Crippen LogP contribution in [-0.2, 0) is 6.54 Å². The van der Waals surface area contributed by atoms with Crippen LogP contribution in [0.3, 0.4) is 0 Å². The fourth-order valence-corrected chi connectivity index (χ4v) is 3.10. The van der Waals surface area contributed by atoms with Gasteiger partial charge in [-0.15, -0.1) is 0 Å². The Morgan fingerprint density at radius 3 is 2.45 bits per heavy atom. The maximum absolute atomic E-state index is 5.43. The van der Waals surface area contributed by atoms with Gasteiger partial charge >= 0.3 is 0 Å². The van der Waals surface area contributed by atoms with Crippen LogP contribution in [0.25, 0.3) is 22.5 Å². The smallest absolute Gasteiger partial charge is 0.246 e. The van der Waals surface area contributed by atoms with E-state index in [2.05, 4.69) is 33.7 Å². The molecule has 0 aliphatic heterocycles. The molecule has 3 aromatic carbocycles. The molecule has 0 saturated heterocycles. The number of aromatic nitrogens is 2. The molecule has 0 fully saturated rings. The summed E-state index contributed by atoms with van der Waals surface area (Å²) in [6.45, 7) is 0.412. The van der Waals surface area contributed by atoms with Crippen molar-refractivity contribution in [2.24, 2.45) is 0 Å². The quantitative estimate of drug-likeness (QED) is 0.479. The topological polar surface area (TPSA) is 69.4 Å². The second-order valence-corrected chi connectivity index (χ2v) is 6.34. The minimum atomic E-state index is 0.412. The van der Waals surface area contributed by atoms with E-state index in [1.165, 1.54) is 0 Å². The maximum atomic E-state index is 5.43. The molecule has 0 amide bonds. The highest BCUT2D eigenvalue weighted by Crippen LogP contribution is 2.32. The molecular weight excluding hydrogens is 366 g/mol. The molecule has 146 valence electrons. The average Bonchev–Trinajstić information content (AvgIpc) is 3.27. The molecule has 0 saturated carbocycles. The van der Waals surface area contributed by atoms with Crippen molar-refractivity contribution in [3.05, 3.63) is 78.7 Å². The molecule has 0 bridgehead atoms. The molecule has 1 heterocycles. The molecule has 1 aromatic heterocycles. The Bertz CT molecular complexity index is 1090. The number of nitrogens with one attached hydrogen (secondary N) is 1. The molecule has 0 aliphatic carbocycles. The largest absolute Gasteiger partial charge is 0.497 e. The summed E-state index contributed by atoms with van der Waals surface area (Å²) in [5.41, 5.74) is 4.00. The van der Waals surface area contributed by atoms with E-state index in [9.17, 15) is 0 Å². The number of rotatable bonds is 7. The van der Waals surface area contributed by atoms with Gasteiger partial charge in [-0.2, -0.15) is 4.98 Å². The van der Waals surface area contributed by atoms with Crippen LogP contribution in [0.4, 0.5) is 5.69 Å². The van der Waals surface area contributed by atoms with Crippen molar-refractivity contribution in [3.8, 4) is 34.0 Å². The Hall–Kier alpha value is -3.80. The summed E-state index contributed by atoms with van der Waals surface area (Å²) in [6, 6.07) is 23.8. The molecule has 0 aliphatic rings. The Morgan fingerprint density at radius 1 is 0.862 bits per heavy atom. The number of benzene rings is 3. The molecule has 4 rings (SSSR count). The van der Waals surface area contributed by atoms with E-state index in [0.29, 0.717) is 29.8 Å². The zero-order valence-electron chi connectivity index (χ0n) is 16.3. The third-order valence-electron chi connectivity index (χ3n) is 4.56. The summed E-state index contributed by atoms with van der Waals surface area (Å²) >= 11 is 0. The number of methoxy groups -OCH3 is 2. The number of para-hydroxylation sites is 1. The van der Waals surface area contributed by atoms with Gasteiger partial charge in [0.2, 0.25) is 11.7 Å². The predicted molar refractivity (Wildman–Crippen MR) is 112 cm³/mol. The van der Waals surface area contributed by atoms with Crippen LogP contribution in [0.1, 0.15) is 5.89 Å². The fraction of sp³-hybridized carbons (Fsp3) is 0.130. The number of hydrogen-bond donors (Lipinski definition) is 1. The SMILES string of the molecule is COc1ccc(-c2noc(CNc3ccccc3-c3ccccc3)n2)c(OC)c1. The molecule has 29 heavy (non-hydrogen) atoms. The van der Waals surface area contributed by atoms with Gasteiger partial charge < -0.3 is 19.3 Å². The number of nitrogens with zero attached hydrogens (tertiary/aromatic N) is 2. The summed E-state index contributed by atoms with van der Waals surface area (Å²) < 4.78 is 16.1. The number of anilines is 1. The molecule has 0 atom stereocenters. The number of hydrogen-bond acceptors (Lipinski definition) is 6. The predicted octanol–water partition coefficient (Wildman–Crippen LogP) is 5.03. The summed E-state index contributed by atoms with van der Waals surface area (Å²) in [4.78, 5) is 4.50. The summed E-state index contributed by atoms with van der Waals surface area (Å²) in [5.74, 6) is 2.28. The normalized spacial score (nSPS) is 10.6. The molecule has 0 radical (unpaired) electrons. The van der Waals surface area contributed by atoms with Gasteiger partial charge in [-0.25, -0.2) is 0 Å². The van der Waals surface area contributed by atoms with E-state index in [0.717, 1.165) is 22.4 Å². The van der Waals surface area contributed by atoms with E-state index in [-0.39, 0.29) is 0 Å². The Kier molecular flexibility index (Phi) is 5.42. The summed E-state index contributed by atoms with van der Waals surface area (Å²) in [5, 5.41) is 7.49. The first-order chi connectivity index (χ1) is 14.3. The van der Waals surface area contributed by atoms with Crippen molar-refractivity contribution in [1.82, 2.24) is 10.1 Å². The van der Waals surface area contributed by atoms with Gasteiger partial charge in [0.15, 0.2) is 0 Å². The van der Waals surface area contributed by atoms with Gasteiger partial charge in [0, 0.05) is 17.3 Å². The Labute approximate surface area is 169 Å². The Morgan fingerprint density at radius 2 is 1.66 bits per heavy atom. The lowest BCUT2D eigenvalue weighted by Gasteiger charge is -2.10. The molecule has 4 aromatic rings. The van der Waals surface area contributed by atoms with Crippen molar-refractivity contribution in [2.75, 3.05) is 19.5 Å². The molecule has 1 N–H and O–H groups in total. The van der Waals surface area contributed by atoms with Crippen LogP contribution < -0.4 is 14.8 Å². The van der Waals surface area contributed by atoms with Crippen LogP contribution in [0.2, 0.25) is 0 Å². The molecule has 6 nitrogen and oxygen atoms in total. The minimum absolute atomic E-state index is 0.412. The van der Waals surface area contributed by atoms with Gasteiger partial charge in [0.1, 0.15) is 11.5 Å². The minimum Gasteiger partial charge on any atom is -0.497 e. The highest BCUT2D eigenvalue weighted by Gasteiger charge is 2.14. The van der Waals surface area contributed by atoms with Crippen molar-refractivity contribution in [1.29, 1.82) is 0 Å². The van der Waals surface area contributed by atoms with Crippen molar-refractivity contribution >= 4 is 5.69 Å². The van der Waals surface area contributed by atoms with Gasteiger partial charge in [0.05, 0.1) is 26.3 Å². The van der Waals surface area contributed by atoms with Crippen molar-refractivity contribution in [3.63, 3.8) is 0 Å². The van der Waals surface area contributed by atoms with Crippen LogP contribution >= 0.6 is 0 Å². The van der Waals surface area contributed by atoms with Crippen molar-refractivity contribution in [2.45, 2.75) is 6.54 Å². The van der Waals surface area contributed by atoms with Crippen LogP contribution in [0.5, 0.6) is 11.5 Å². The van der Waals surface area contributed by atoms with Crippen LogP contribution in [0, 0.1) is 0 Å². The average molecular weight is 387 g/mol. The lowest BCUT2D eigenvalue weighted by Crippen LogP contribution is -2.01. The van der Waals surface area contributed by atoms with Gasteiger partial charge in [0.25, 0.3) is 0 Å². The third kappa shape index (κ3) is 4.06. The summed E-state index contributed by atoms with van der Waals surface area (Å²) in [7, 11) is 3.21. The Balaban J connectivity index is 1.53. The highest BCUT2D eigenvalue weighted by molar-refractivity contribution is 5.77.